The molecule has 3 aromatic heterocycles. The topological polar surface area (TPSA) is 94.9 Å². The van der Waals surface area contributed by atoms with Crippen LogP contribution >= 0.6 is 0 Å². The summed E-state index contributed by atoms with van der Waals surface area (Å²) in [7, 11) is 1.59. The summed E-state index contributed by atoms with van der Waals surface area (Å²) in [5, 5.41) is 21.8. The Hall–Kier alpha value is -4.34. The number of pyridine rings is 1. The molecule has 37 heavy (non-hydrogen) atoms. The Morgan fingerprint density at radius 2 is 1.92 bits per heavy atom. The molecule has 6 rings (SSSR count). The van der Waals surface area contributed by atoms with Gasteiger partial charge in [-0.25, -0.2) is 14.3 Å². The smallest absolute Gasteiger partial charge is 0.219 e. The van der Waals surface area contributed by atoms with Crippen LogP contribution in [0.2, 0.25) is 0 Å². The SMILES string of the molecule is Cc1cccc2c(-c3cccc4nn(C)c(F)c34)nn(-c3ccc(N4CC[C@@H]([N+](=O)[O-])C[C@H]4C)nc3)c12. The van der Waals surface area contributed by atoms with Gasteiger partial charge in [0, 0.05) is 48.3 Å². The number of aromatic nitrogens is 5. The molecule has 9 nitrogen and oxygen atoms in total. The lowest BCUT2D eigenvalue weighted by Gasteiger charge is -2.35. The van der Waals surface area contributed by atoms with E-state index in [1.807, 2.05) is 61.0 Å². The van der Waals surface area contributed by atoms with Crippen LogP contribution in [0.4, 0.5) is 10.2 Å². The van der Waals surface area contributed by atoms with E-state index in [2.05, 4.69) is 10.00 Å². The maximum Gasteiger partial charge on any atom is 0.219 e. The highest BCUT2D eigenvalue weighted by molar-refractivity contribution is 6.03. The predicted molar refractivity (Wildman–Crippen MR) is 140 cm³/mol. The van der Waals surface area contributed by atoms with Gasteiger partial charge in [-0.2, -0.15) is 14.6 Å². The summed E-state index contributed by atoms with van der Waals surface area (Å²) in [6.45, 7) is 4.62. The number of para-hydroxylation sites is 1. The van der Waals surface area contributed by atoms with Gasteiger partial charge in [0.1, 0.15) is 11.5 Å². The van der Waals surface area contributed by atoms with E-state index in [1.165, 1.54) is 4.68 Å². The first-order valence-electron chi connectivity index (χ1n) is 12.3. The first-order chi connectivity index (χ1) is 17.8. The fraction of sp³-hybridized carbons (Fsp3) is 0.296. The van der Waals surface area contributed by atoms with Crippen molar-refractivity contribution in [2.24, 2.45) is 7.05 Å². The molecule has 0 amide bonds. The summed E-state index contributed by atoms with van der Waals surface area (Å²) in [5.41, 5.74) is 4.68. The highest BCUT2D eigenvalue weighted by Crippen LogP contribution is 2.36. The second-order valence-corrected chi connectivity index (χ2v) is 9.73. The van der Waals surface area contributed by atoms with Gasteiger partial charge in [-0.05, 0) is 37.6 Å². The Labute approximate surface area is 212 Å². The number of nitrogens with zero attached hydrogens (tertiary/aromatic N) is 7. The van der Waals surface area contributed by atoms with Crippen molar-refractivity contribution >= 4 is 27.6 Å². The fourth-order valence-corrected chi connectivity index (χ4v) is 5.48. The molecule has 2 atom stereocenters. The molecule has 1 saturated heterocycles. The fourth-order valence-electron chi connectivity index (χ4n) is 5.48. The number of aryl methyl sites for hydroxylation is 2. The number of hydrogen-bond acceptors (Lipinski definition) is 6. The maximum absolute atomic E-state index is 15.0. The number of piperidine rings is 1. The van der Waals surface area contributed by atoms with Crippen molar-refractivity contribution < 1.29 is 9.31 Å². The number of anilines is 1. The Morgan fingerprint density at radius 3 is 2.65 bits per heavy atom. The summed E-state index contributed by atoms with van der Waals surface area (Å²) in [6, 6.07) is 15.0. The zero-order valence-corrected chi connectivity index (χ0v) is 20.8. The second kappa shape index (κ2) is 8.65. The normalized spacial score (nSPS) is 18.1. The third-order valence-corrected chi connectivity index (χ3v) is 7.37. The molecule has 0 bridgehead atoms. The molecule has 188 valence electrons. The Balaban J connectivity index is 1.43. The van der Waals surface area contributed by atoms with Gasteiger partial charge in [0.05, 0.1) is 28.3 Å². The third-order valence-electron chi connectivity index (χ3n) is 7.37. The first-order valence-corrected chi connectivity index (χ1v) is 12.3. The van der Waals surface area contributed by atoms with Crippen LogP contribution in [0.5, 0.6) is 0 Å². The van der Waals surface area contributed by atoms with E-state index in [0.29, 0.717) is 41.5 Å². The van der Waals surface area contributed by atoms with Crippen molar-refractivity contribution in [2.75, 3.05) is 11.4 Å². The van der Waals surface area contributed by atoms with Crippen molar-refractivity contribution in [1.29, 1.82) is 0 Å². The van der Waals surface area contributed by atoms with Crippen molar-refractivity contribution in [3.05, 3.63) is 76.4 Å². The van der Waals surface area contributed by atoms with E-state index in [0.717, 1.165) is 28.0 Å². The minimum absolute atomic E-state index is 0.0248. The van der Waals surface area contributed by atoms with Crippen LogP contribution in [0, 0.1) is 23.0 Å². The van der Waals surface area contributed by atoms with Gasteiger partial charge >= 0.3 is 0 Å². The summed E-state index contributed by atoms with van der Waals surface area (Å²) in [5.74, 6) is 0.385. The number of halogens is 1. The van der Waals surface area contributed by atoms with E-state index in [1.54, 1.807) is 19.3 Å². The van der Waals surface area contributed by atoms with Crippen LogP contribution in [0.25, 0.3) is 38.8 Å². The molecule has 0 aliphatic carbocycles. The van der Waals surface area contributed by atoms with Crippen molar-refractivity contribution in [2.45, 2.75) is 38.8 Å². The van der Waals surface area contributed by atoms with Crippen LogP contribution in [-0.2, 0) is 7.05 Å². The number of benzene rings is 2. The lowest BCUT2D eigenvalue weighted by atomic mass is 9.99. The van der Waals surface area contributed by atoms with Gasteiger partial charge in [-0.3, -0.25) is 10.1 Å². The lowest BCUT2D eigenvalue weighted by molar-refractivity contribution is -0.525. The van der Waals surface area contributed by atoms with Crippen LogP contribution in [0.3, 0.4) is 0 Å². The molecular weight excluding hydrogens is 473 g/mol. The molecule has 1 aliphatic rings. The molecule has 10 heteroatoms. The molecule has 0 saturated carbocycles. The van der Waals surface area contributed by atoms with E-state index in [-0.39, 0.29) is 11.0 Å². The van der Waals surface area contributed by atoms with E-state index in [9.17, 15) is 10.1 Å². The standard InChI is InChI=1S/C27H26FN7O2/c1-16-6-4-8-21-25(20-7-5-9-22-24(20)27(28)32(3)30-22)31-34(26(16)21)19-10-11-23(29-15-19)33-13-12-18(35(36)37)14-17(33)2/h4-11,15,17-18H,12-14H2,1-3H3/t17-,18-/m1/s1. The molecule has 2 aromatic carbocycles. The first kappa shape index (κ1) is 23.1. The summed E-state index contributed by atoms with van der Waals surface area (Å²) >= 11 is 0. The van der Waals surface area contributed by atoms with Crippen LogP contribution in [0.1, 0.15) is 25.3 Å². The van der Waals surface area contributed by atoms with Gasteiger partial charge in [-0.1, -0.05) is 30.3 Å². The van der Waals surface area contributed by atoms with Crippen molar-refractivity contribution in [3.8, 4) is 16.9 Å². The van der Waals surface area contributed by atoms with Gasteiger partial charge in [0.2, 0.25) is 12.0 Å². The van der Waals surface area contributed by atoms with Gasteiger partial charge in [-0.15, -0.1) is 0 Å². The molecule has 0 radical (unpaired) electrons. The highest BCUT2D eigenvalue weighted by atomic mass is 19.1. The second-order valence-electron chi connectivity index (χ2n) is 9.73. The highest BCUT2D eigenvalue weighted by Gasteiger charge is 2.32. The van der Waals surface area contributed by atoms with E-state index < -0.39 is 12.0 Å². The van der Waals surface area contributed by atoms with Gasteiger partial charge < -0.3 is 4.90 Å². The largest absolute Gasteiger partial charge is 0.353 e. The minimum atomic E-state index is -0.503. The molecule has 0 N–H and O–H groups in total. The average Bonchev–Trinajstić information content (AvgIpc) is 3.42. The number of fused-ring (bicyclic) bond motifs is 2. The van der Waals surface area contributed by atoms with E-state index >= 15 is 4.39 Å². The average molecular weight is 500 g/mol. The van der Waals surface area contributed by atoms with Gasteiger partial charge in [0.25, 0.3) is 0 Å². The molecule has 5 aromatic rings. The third kappa shape index (κ3) is 3.71. The zero-order chi connectivity index (χ0) is 25.8. The van der Waals surface area contributed by atoms with Crippen LogP contribution < -0.4 is 4.90 Å². The molecule has 4 heterocycles. The molecular formula is C27H26FN7O2. The quantitative estimate of drug-likeness (QED) is 0.254. The Morgan fingerprint density at radius 1 is 1.11 bits per heavy atom. The van der Waals surface area contributed by atoms with E-state index in [4.69, 9.17) is 10.1 Å². The minimum Gasteiger partial charge on any atom is -0.353 e. The van der Waals surface area contributed by atoms with Crippen molar-refractivity contribution in [3.63, 3.8) is 0 Å². The zero-order valence-electron chi connectivity index (χ0n) is 20.8. The molecule has 1 aliphatic heterocycles. The monoisotopic (exact) mass is 499 g/mol. The predicted octanol–water partition coefficient (Wildman–Crippen LogP) is 5.06. The molecule has 0 unspecified atom stereocenters. The number of rotatable bonds is 4. The number of hydrogen-bond donors (Lipinski definition) is 0. The Bertz CT molecular complexity index is 1660. The molecule has 1 fully saturated rings. The number of nitro groups is 1. The molecule has 0 spiro atoms. The Kier molecular flexibility index (Phi) is 5.40. The summed E-state index contributed by atoms with van der Waals surface area (Å²) < 4.78 is 18.1. The summed E-state index contributed by atoms with van der Waals surface area (Å²) in [6.07, 6.45) is 2.78. The van der Waals surface area contributed by atoms with Crippen LogP contribution in [-0.4, -0.2) is 48.1 Å². The lowest BCUT2D eigenvalue weighted by Crippen LogP contribution is -2.45. The van der Waals surface area contributed by atoms with Crippen molar-refractivity contribution in [1.82, 2.24) is 24.5 Å². The maximum atomic E-state index is 15.0. The van der Waals surface area contributed by atoms with Gasteiger partial charge in [0.15, 0.2) is 0 Å². The van der Waals surface area contributed by atoms with Crippen LogP contribution in [0.15, 0.2) is 54.7 Å². The summed E-state index contributed by atoms with van der Waals surface area (Å²) in [4.78, 5) is 17.9.